The summed E-state index contributed by atoms with van der Waals surface area (Å²) < 4.78 is 0. The maximum atomic E-state index is 12.1. The Labute approximate surface area is 107 Å². The molecular weight excluding hydrogens is 234 g/mol. The fourth-order valence-corrected chi connectivity index (χ4v) is 2.56. The Balaban J connectivity index is 1.72. The third kappa shape index (κ3) is 3.43. The average molecular weight is 255 g/mol. The van der Waals surface area contributed by atoms with E-state index in [0.29, 0.717) is 6.54 Å². The monoisotopic (exact) mass is 255 g/mol. The molecule has 0 spiro atoms. The van der Waals surface area contributed by atoms with E-state index in [1.54, 1.807) is 0 Å². The largest absolute Gasteiger partial charge is 0.481 e. The predicted octanol–water partition coefficient (Wildman–Crippen LogP) is -0.643. The number of carbonyl (C=O) groups is 2. The van der Waals surface area contributed by atoms with Gasteiger partial charge in [-0.1, -0.05) is 0 Å². The van der Waals surface area contributed by atoms with E-state index in [2.05, 4.69) is 10.2 Å². The van der Waals surface area contributed by atoms with Crippen molar-refractivity contribution in [2.45, 2.75) is 25.3 Å². The Hall–Kier alpha value is -1.14. The highest BCUT2D eigenvalue weighted by molar-refractivity contribution is 5.82. The van der Waals surface area contributed by atoms with Gasteiger partial charge in [0, 0.05) is 32.7 Å². The lowest BCUT2D eigenvalue weighted by Crippen LogP contribution is -2.53. The third-order valence-electron chi connectivity index (χ3n) is 3.68. The topological polar surface area (TPSA) is 72.9 Å². The van der Waals surface area contributed by atoms with Crippen LogP contribution in [0.4, 0.5) is 0 Å². The zero-order valence-corrected chi connectivity index (χ0v) is 10.6. The SMILES string of the molecule is O=C(O)CCN1CCN(C(=O)[C@H]2CCCN2)CC1. The molecule has 0 bridgehead atoms. The van der Waals surface area contributed by atoms with Crippen LogP contribution in [-0.2, 0) is 9.59 Å². The molecule has 0 unspecified atom stereocenters. The molecular formula is C12H21N3O3. The standard InChI is InChI=1S/C12H21N3O3/c16-11(17)3-5-14-6-8-15(9-7-14)12(18)10-2-1-4-13-10/h10,13H,1-9H2,(H,16,17)/t10-/m1/s1. The van der Waals surface area contributed by atoms with E-state index in [9.17, 15) is 9.59 Å². The number of rotatable bonds is 4. The first-order chi connectivity index (χ1) is 8.66. The molecule has 1 atom stereocenters. The number of nitrogens with zero attached hydrogens (tertiary/aromatic N) is 2. The van der Waals surface area contributed by atoms with Crippen LogP contribution in [0.2, 0.25) is 0 Å². The average Bonchev–Trinajstić information content (AvgIpc) is 2.90. The fraction of sp³-hybridized carbons (Fsp3) is 0.833. The summed E-state index contributed by atoms with van der Waals surface area (Å²) in [6.07, 6.45) is 2.20. The molecule has 2 rings (SSSR count). The van der Waals surface area contributed by atoms with Crippen LogP contribution in [0.5, 0.6) is 0 Å². The summed E-state index contributed by atoms with van der Waals surface area (Å²) >= 11 is 0. The van der Waals surface area contributed by atoms with Gasteiger partial charge in [-0.25, -0.2) is 0 Å². The molecule has 2 saturated heterocycles. The number of hydrogen-bond acceptors (Lipinski definition) is 4. The Bertz CT molecular complexity index is 308. The second-order valence-corrected chi connectivity index (χ2v) is 4.96. The summed E-state index contributed by atoms with van der Waals surface area (Å²) in [5.41, 5.74) is 0. The van der Waals surface area contributed by atoms with Gasteiger partial charge in [-0.3, -0.25) is 14.5 Å². The van der Waals surface area contributed by atoms with E-state index >= 15 is 0 Å². The first-order valence-electron chi connectivity index (χ1n) is 6.63. The zero-order valence-electron chi connectivity index (χ0n) is 10.6. The van der Waals surface area contributed by atoms with Crippen molar-refractivity contribution < 1.29 is 14.7 Å². The van der Waals surface area contributed by atoms with Gasteiger partial charge in [0.25, 0.3) is 0 Å². The van der Waals surface area contributed by atoms with Gasteiger partial charge in [0.05, 0.1) is 12.5 Å². The summed E-state index contributed by atoms with van der Waals surface area (Å²) in [4.78, 5) is 26.6. The van der Waals surface area contributed by atoms with Crippen LogP contribution in [0.1, 0.15) is 19.3 Å². The number of carbonyl (C=O) groups excluding carboxylic acids is 1. The molecule has 0 aromatic carbocycles. The number of piperazine rings is 1. The molecule has 6 nitrogen and oxygen atoms in total. The second kappa shape index (κ2) is 6.15. The number of hydrogen-bond donors (Lipinski definition) is 2. The lowest BCUT2D eigenvalue weighted by atomic mass is 10.2. The van der Waals surface area contributed by atoms with Gasteiger partial charge in [-0.15, -0.1) is 0 Å². The summed E-state index contributed by atoms with van der Waals surface area (Å²) in [5, 5.41) is 11.9. The Kier molecular flexibility index (Phi) is 4.54. The van der Waals surface area contributed by atoms with Gasteiger partial charge >= 0.3 is 5.97 Å². The third-order valence-corrected chi connectivity index (χ3v) is 3.68. The number of amides is 1. The highest BCUT2D eigenvalue weighted by Gasteiger charge is 2.28. The first-order valence-corrected chi connectivity index (χ1v) is 6.63. The van der Waals surface area contributed by atoms with Crippen molar-refractivity contribution in [1.29, 1.82) is 0 Å². The molecule has 2 fully saturated rings. The van der Waals surface area contributed by atoms with Crippen LogP contribution < -0.4 is 5.32 Å². The number of aliphatic carboxylic acids is 1. The highest BCUT2D eigenvalue weighted by Crippen LogP contribution is 2.11. The molecule has 0 aromatic rings. The maximum Gasteiger partial charge on any atom is 0.304 e. The first kappa shape index (κ1) is 13.3. The summed E-state index contributed by atoms with van der Waals surface area (Å²) in [5.74, 6) is -0.547. The molecule has 0 aliphatic carbocycles. The molecule has 18 heavy (non-hydrogen) atoms. The molecule has 1 amide bonds. The van der Waals surface area contributed by atoms with Crippen molar-refractivity contribution in [1.82, 2.24) is 15.1 Å². The Morgan fingerprint density at radius 1 is 1.22 bits per heavy atom. The molecule has 0 radical (unpaired) electrons. The van der Waals surface area contributed by atoms with Gasteiger partial charge < -0.3 is 15.3 Å². The fourth-order valence-electron chi connectivity index (χ4n) is 2.56. The van der Waals surface area contributed by atoms with E-state index in [4.69, 9.17) is 5.11 Å². The minimum atomic E-state index is -0.760. The normalized spacial score (nSPS) is 25.3. The number of carboxylic acid groups (broad SMARTS) is 1. The molecule has 0 aromatic heterocycles. The van der Waals surface area contributed by atoms with Crippen LogP contribution in [0.3, 0.4) is 0 Å². The molecule has 102 valence electrons. The highest BCUT2D eigenvalue weighted by atomic mass is 16.4. The van der Waals surface area contributed by atoms with Crippen molar-refractivity contribution in [3.8, 4) is 0 Å². The van der Waals surface area contributed by atoms with E-state index in [-0.39, 0.29) is 18.4 Å². The van der Waals surface area contributed by atoms with Crippen molar-refractivity contribution in [2.24, 2.45) is 0 Å². The molecule has 2 aliphatic rings. The van der Waals surface area contributed by atoms with Crippen molar-refractivity contribution in [3.05, 3.63) is 0 Å². The lowest BCUT2D eigenvalue weighted by Gasteiger charge is -2.35. The quantitative estimate of drug-likeness (QED) is 0.699. The van der Waals surface area contributed by atoms with Crippen LogP contribution in [0, 0.1) is 0 Å². The summed E-state index contributed by atoms with van der Waals surface area (Å²) in [6.45, 7) is 4.53. The lowest BCUT2D eigenvalue weighted by molar-refractivity contribution is -0.138. The second-order valence-electron chi connectivity index (χ2n) is 4.96. The van der Waals surface area contributed by atoms with Gasteiger partial charge in [0.2, 0.25) is 5.91 Å². The van der Waals surface area contributed by atoms with Gasteiger partial charge in [0.1, 0.15) is 0 Å². The van der Waals surface area contributed by atoms with Crippen LogP contribution >= 0.6 is 0 Å². The van der Waals surface area contributed by atoms with E-state index < -0.39 is 5.97 Å². The van der Waals surface area contributed by atoms with E-state index in [0.717, 1.165) is 45.6 Å². The molecule has 2 aliphatic heterocycles. The van der Waals surface area contributed by atoms with Crippen molar-refractivity contribution >= 4 is 11.9 Å². The smallest absolute Gasteiger partial charge is 0.304 e. The van der Waals surface area contributed by atoms with Gasteiger partial charge in [0.15, 0.2) is 0 Å². The van der Waals surface area contributed by atoms with E-state index in [1.165, 1.54) is 0 Å². The molecule has 2 N–H and O–H groups in total. The van der Waals surface area contributed by atoms with Crippen molar-refractivity contribution in [3.63, 3.8) is 0 Å². The maximum absolute atomic E-state index is 12.1. The molecule has 2 heterocycles. The van der Waals surface area contributed by atoms with Gasteiger partial charge in [-0.2, -0.15) is 0 Å². The number of nitrogens with one attached hydrogen (secondary N) is 1. The summed E-state index contributed by atoms with van der Waals surface area (Å²) in [7, 11) is 0. The Morgan fingerprint density at radius 3 is 2.50 bits per heavy atom. The minimum absolute atomic E-state index is 0.00979. The number of carboxylic acids is 1. The predicted molar refractivity (Wildman–Crippen MR) is 66.3 cm³/mol. The van der Waals surface area contributed by atoms with Gasteiger partial charge in [-0.05, 0) is 19.4 Å². The Morgan fingerprint density at radius 2 is 1.94 bits per heavy atom. The molecule has 0 saturated carbocycles. The van der Waals surface area contributed by atoms with Crippen molar-refractivity contribution in [2.75, 3.05) is 39.3 Å². The van der Waals surface area contributed by atoms with Crippen LogP contribution in [-0.4, -0.2) is 72.1 Å². The molecule has 6 heteroatoms. The zero-order chi connectivity index (χ0) is 13.0. The van der Waals surface area contributed by atoms with E-state index in [1.807, 2.05) is 4.90 Å². The van der Waals surface area contributed by atoms with Crippen LogP contribution in [0.25, 0.3) is 0 Å². The minimum Gasteiger partial charge on any atom is -0.481 e. The van der Waals surface area contributed by atoms with Crippen LogP contribution in [0.15, 0.2) is 0 Å². The summed E-state index contributed by atoms with van der Waals surface area (Å²) in [6, 6.07) is 0.00979.